The molecular formula is C11H17N3S. The van der Waals surface area contributed by atoms with E-state index in [9.17, 15) is 0 Å². The molecule has 3 nitrogen and oxygen atoms in total. The number of aromatic nitrogens is 1. The number of hydrogen-bond acceptors (Lipinski definition) is 4. The zero-order valence-corrected chi connectivity index (χ0v) is 9.76. The lowest BCUT2D eigenvalue weighted by Gasteiger charge is -2.23. The number of rotatable bonds is 3. The highest BCUT2D eigenvalue weighted by Crippen LogP contribution is 2.36. The number of nitrogens with zero attached hydrogens (tertiary/aromatic N) is 1. The van der Waals surface area contributed by atoms with Crippen LogP contribution in [0.15, 0.2) is 18.5 Å². The minimum absolute atomic E-state index is 0.242. The molecule has 1 fully saturated rings. The van der Waals surface area contributed by atoms with Crippen molar-refractivity contribution < 1.29 is 0 Å². The van der Waals surface area contributed by atoms with E-state index in [4.69, 9.17) is 5.84 Å². The Hall–Kier alpha value is -0.580. The van der Waals surface area contributed by atoms with E-state index < -0.39 is 0 Å². The molecular weight excluding hydrogens is 206 g/mol. The van der Waals surface area contributed by atoms with Crippen LogP contribution >= 0.6 is 11.8 Å². The van der Waals surface area contributed by atoms with Gasteiger partial charge in [-0.15, -0.1) is 0 Å². The SMILES string of the molecule is Cc1ccncc1C(NN)C1CCCS1. The van der Waals surface area contributed by atoms with E-state index in [0.29, 0.717) is 5.25 Å². The molecule has 15 heavy (non-hydrogen) atoms. The largest absolute Gasteiger partial charge is 0.271 e. The molecule has 2 unspecified atom stereocenters. The Morgan fingerprint density at radius 1 is 1.67 bits per heavy atom. The minimum Gasteiger partial charge on any atom is -0.271 e. The Kier molecular flexibility index (Phi) is 3.61. The van der Waals surface area contributed by atoms with Crippen molar-refractivity contribution in [2.75, 3.05) is 5.75 Å². The van der Waals surface area contributed by atoms with Crippen LogP contribution in [0.5, 0.6) is 0 Å². The molecule has 2 heterocycles. The molecule has 4 heteroatoms. The van der Waals surface area contributed by atoms with Crippen LogP contribution in [-0.2, 0) is 0 Å². The number of pyridine rings is 1. The lowest BCUT2D eigenvalue weighted by atomic mass is 9.99. The van der Waals surface area contributed by atoms with Crippen molar-refractivity contribution in [2.24, 2.45) is 5.84 Å². The summed E-state index contributed by atoms with van der Waals surface area (Å²) in [4.78, 5) is 4.18. The molecule has 0 bridgehead atoms. The van der Waals surface area contributed by atoms with Crippen molar-refractivity contribution in [2.45, 2.75) is 31.1 Å². The Morgan fingerprint density at radius 3 is 3.13 bits per heavy atom. The number of hydrogen-bond donors (Lipinski definition) is 2. The molecule has 2 rings (SSSR count). The molecule has 0 aromatic carbocycles. The Labute approximate surface area is 94.8 Å². The molecule has 0 saturated carbocycles. The van der Waals surface area contributed by atoms with E-state index in [-0.39, 0.29) is 6.04 Å². The Morgan fingerprint density at radius 2 is 2.53 bits per heavy atom. The lowest BCUT2D eigenvalue weighted by Crippen LogP contribution is -2.34. The van der Waals surface area contributed by atoms with Crippen molar-refractivity contribution in [3.63, 3.8) is 0 Å². The van der Waals surface area contributed by atoms with Gasteiger partial charge in [0.25, 0.3) is 0 Å². The molecule has 0 spiro atoms. The van der Waals surface area contributed by atoms with Gasteiger partial charge in [-0.3, -0.25) is 16.3 Å². The van der Waals surface area contributed by atoms with Crippen LogP contribution in [0.1, 0.15) is 30.0 Å². The highest BCUT2D eigenvalue weighted by atomic mass is 32.2. The van der Waals surface area contributed by atoms with Crippen molar-refractivity contribution in [3.05, 3.63) is 29.6 Å². The first-order chi connectivity index (χ1) is 7.33. The topological polar surface area (TPSA) is 50.9 Å². The van der Waals surface area contributed by atoms with E-state index in [1.54, 1.807) is 0 Å². The molecule has 1 aromatic rings. The predicted octanol–water partition coefficient (Wildman–Crippen LogP) is 1.79. The van der Waals surface area contributed by atoms with Gasteiger partial charge in [0.05, 0.1) is 6.04 Å². The van der Waals surface area contributed by atoms with Gasteiger partial charge in [0.1, 0.15) is 0 Å². The minimum atomic E-state index is 0.242. The third kappa shape index (κ3) is 2.33. The molecule has 2 atom stereocenters. The van der Waals surface area contributed by atoms with Crippen LogP contribution in [-0.4, -0.2) is 16.0 Å². The normalized spacial score (nSPS) is 22.9. The van der Waals surface area contributed by atoms with Gasteiger partial charge in [0, 0.05) is 17.6 Å². The van der Waals surface area contributed by atoms with Crippen molar-refractivity contribution in [3.8, 4) is 0 Å². The highest BCUT2D eigenvalue weighted by molar-refractivity contribution is 8.00. The third-order valence-electron chi connectivity index (χ3n) is 2.93. The first-order valence-corrected chi connectivity index (χ1v) is 6.36. The zero-order chi connectivity index (χ0) is 10.7. The van der Waals surface area contributed by atoms with Crippen molar-refractivity contribution in [1.82, 2.24) is 10.4 Å². The standard InChI is InChI=1S/C11H17N3S/c1-8-4-5-13-7-9(8)11(14-12)10-3-2-6-15-10/h4-5,7,10-11,14H,2-3,6,12H2,1H3. The second-order valence-corrected chi connectivity index (χ2v) is 5.28. The highest BCUT2D eigenvalue weighted by Gasteiger charge is 2.27. The molecule has 0 radical (unpaired) electrons. The molecule has 1 aliphatic heterocycles. The van der Waals surface area contributed by atoms with Crippen LogP contribution in [0.4, 0.5) is 0 Å². The Bertz CT molecular complexity index is 323. The van der Waals surface area contributed by atoms with Crippen molar-refractivity contribution in [1.29, 1.82) is 0 Å². The molecule has 3 N–H and O–H groups in total. The molecule has 0 aliphatic carbocycles. The summed E-state index contributed by atoms with van der Waals surface area (Å²) >= 11 is 2.01. The van der Waals surface area contributed by atoms with Gasteiger partial charge in [0.15, 0.2) is 0 Å². The van der Waals surface area contributed by atoms with Gasteiger partial charge >= 0.3 is 0 Å². The fourth-order valence-electron chi connectivity index (χ4n) is 2.06. The maximum Gasteiger partial charge on any atom is 0.0596 e. The van der Waals surface area contributed by atoms with E-state index in [1.165, 1.54) is 29.7 Å². The second kappa shape index (κ2) is 4.96. The quantitative estimate of drug-likeness (QED) is 0.606. The van der Waals surface area contributed by atoms with Crippen LogP contribution in [0.25, 0.3) is 0 Å². The molecule has 1 aromatic heterocycles. The number of hydrazine groups is 1. The number of thioether (sulfide) groups is 1. The maximum absolute atomic E-state index is 5.66. The van der Waals surface area contributed by atoms with Crippen LogP contribution in [0, 0.1) is 6.92 Å². The van der Waals surface area contributed by atoms with Gasteiger partial charge < -0.3 is 0 Å². The summed E-state index contributed by atoms with van der Waals surface area (Å²) in [5, 5.41) is 0.595. The number of nitrogens with one attached hydrogen (secondary N) is 1. The van der Waals surface area contributed by atoms with Crippen LogP contribution in [0.3, 0.4) is 0 Å². The average molecular weight is 223 g/mol. The summed E-state index contributed by atoms with van der Waals surface area (Å²) in [6.45, 7) is 2.11. The molecule has 1 saturated heterocycles. The predicted molar refractivity (Wildman–Crippen MR) is 64.5 cm³/mol. The molecule has 1 aliphatic rings. The van der Waals surface area contributed by atoms with Crippen LogP contribution < -0.4 is 11.3 Å². The van der Waals surface area contributed by atoms with Crippen molar-refractivity contribution >= 4 is 11.8 Å². The summed E-state index contributed by atoms with van der Waals surface area (Å²) in [6, 6.07) is 2.28. The number of aryl methyl sites for hydroxylation is 1. The summed E-state index contributed by atoms with van der Waals surface area (Å²) in [7, 11) is 0. The second-order valence-electron chi connectivity index (χ2n) is 3.93. The van der Waals surface area contributed by atoms with Gasteiger partial charge in [-0.05, 0) is 42.7 Å². The zero-order valence-electron chi connectivity index (χ0n) is 8.94. The van der Waals surface area contributed by atoms with Gasteiger partial charge in [-0.25, -0.2) is 0 Å². The summed E-state index contributed by atoms with van der Waals surface area (Å²) in [5.74, 6) is 6.91. The fraction of sp³-hybridized carbons (Fsp3) is 0.545. The molecule has 0 amide bonds. The monoisotopic (exact) mass is 223 g/mol. The number of nitrogens with two attached hydrogens (primary N) is 1. The average Bonchev–Trinajstić information content (AvgIpc) is 2.75. The van der Waals surface area contributed by atoms with E-state index in [2.05, 4.69) is 17.3 Å². The third-order valence-corrected chi connectivity index (χ3v) is 4.39. The summed E-state index contributed by atoms with van der Waals surface area (Å²) < 4.78 is 0. The first kappa shape index (κ1) is 10.9. The van der Waals surface area contributed by atoms with Gasteiger partial charge in [0.2, 0.25) is 0 Å². The van der Waals surface area contributed by atoms with Gasteiger partial charge in [-0.1, -0.05) is 0 Å². The van der Waals surface area contributed by atoms with E-state index in [1.807, 2.05) is 30.2 Å². The summed E-state index contributed by atoms with van der Waals surface area (Å²) in [6.07, 6.45) is 6.30. The van der Waals surface area contributed by atoms with Crippen LogP contribution in [0.2, 0.25) is 0 Å². The maximum atomic E-state index is 5.66. The fourth-order valence-corrected chi connectivity index (χ4v) is 3.45. The first-order valence-electron chi connectivity index (χ1n) is 5.31. The van der Waals surface area contributed by atoms with E-state index >= 15 is 0 Å². The van der Waals surface area contributed by atoms with E-state index in [0.717, 1.165) is 0 Å². The Balaban J connectivity index is 2.22. The van der Waals surface area contributed by atoms with Gasteiger partial charge in [-0.2, -0.15) is 11.8 Å². The molecule has 82 valence electrons. The summed E-state index contributed by atoms with van der Waals surface area (Å²) in [5.41, 5.74) is 5.44. The smallest absolute Gasteiger partial charge is 0.0596 e. The lowest BCUT2D eigenvalue weighted by molar-refractivity contribution is 0.517.